The first-order valence-electron chi connectivity index (χ1n) is 10.6. The molecule has 0 aromatic heterocycles. The molecule has 1 heterocycles. The van der Waals surface area contributed by atoms with Crippen molar-refractivity contribution in [2.24, 2.45) is 5.92 Å². The van der Waals surface area contributed by atoms with Crippen LogP contribution in [-0.2, 0) is 17.4 Å². The predicted octanol–water partition coefficient (Wildman–Crippen LogP) is 4.97. The lowest BCUT2D eigenvalue weighted by atomic mass is 9.94. The average Bonchev–Trinajstić information content (AvgIpc) is 2.77. The summed E-state index contributed by atoms with van der Waals surface area (Å²) in [5.74, 6) is -0.272. The molecule has 1 amide bonds. The van der Waals surface area contributed by atoms with Gasteiger partial charge in [0.15, 0.2) is 0 Å². The third-order valence-corrected chi connectivity index (χ3v) is 5.80. The molecule has 0 bridgehead atoms. The van der Waals surface area contributed by atoms with Gasteiger partial charge in [0.2, 0.25) is 5.91 Å². The lowest BCUT2D eigenvalue weighted by Gasteiger charge is -2.33. The molecule has 2 aromatic carbocycles. The molecule has 6 nitrogen and oxygen atoms in total. The molecular formula is C23H26F3N3O3. The molecule has 2 aromatic rings. The summed E-state index contributed by atoms with van der Waals surface area (Å²) in [4.78, 5) is 24.9. The standard InChI is InChI=1S/C23H26F3N3O3/c1-16(7-8-17-5-3-2-4-6-17)27-22(30)18-11-13-28(14-12-18)20-10-9-19(23(24,25)26)15-21(20)29(31)32/h2-6,9-10,15-16,18H,7-8,11-14H2,1H3,(H,27,30). The number of nitrogens with zero attached hydrogens (tertiary/aromatic N) is 2. The summed E-state index contributed by atoms with van der Waals surface area (Å²) >= 11 is 0. The van der Waals surface area contributed by atoms with Gasteiger partial charge in [0.25, 0.3) is 5.69 Å². The maximum Gasteiger partial charge on any atom is 0.416 e. The fourth-order valence-corrected chi connectivity index (χ4v) is 3.96. The number of carbonyl (C=O) groups is 1. The number of benzene rings is 2. The lowest BCUT2D eigenvalue weighted by Crippen LogP contribution is -2.43. The van der Waals surface area contributed by atoms with E-state index in [0.717, 1.165) is 25.0 Å². The van der Waals surface area contributed by atoms with Crippen molar-refractivity contribution < 1.29 is 22.9 Å². The van der Waals surface area contributed by atoms with Crippen LogP contribution in [0.5, 0.6) is 0 Å². The molecule has 0 radical (unpaired) electrons. The Balaban J connectivity index is 1.55. The third-order valence-electron chi connectivity index (χ3n) is 5.80. The van der Waals surface area contributed by atoms with Crippen LogP contribution < -0.4 is 10.2 Å². The number of nitro groups is 1. The van der Waals surface area contributed by atoms with E-state index in [1.165, 1.54) is 5.56 Å². The van der Waals surface area contributed by atoms with Crippen molar-refractivity contribution in [2.45, 2.75) is 44.8 Å². The highest BCUT2D eigenvalue weighted by molar-refractivity contribution is 5.79. The molecule has 0 spiro atoms. The number of halogens is 3. The average molecular weight is 449 g/mol. The molecule has 9 heteroatoms. The third kappa shape index (κ3) is 5.99. The van der Waals surface area contributed by atoms with Gasteiger partial charge < -0.3 is 10.2 Å². The topological polar surface area (TPSA) is 75.5 Å². The van der Waals surface area contributed by atoms with Gasteiger partial charge in [-0.15, -0.1) is 0 Å². The van der Waals surface area contributed by atoms with Gasteiger partial charge in [-0.05, 0) is 50.3 Å². The van der Waals surface area contributed by atoms with E-state index in [9.17, 15) is 28.1 Å². The van der Waals surface area contributed by atoms with Gasteiger partial charge in [-0.1, -0.05) is 30.3 Å². The summed E-state index contributed by atoms with van der Waals surface area (Å²) < 4.78 is 38.8. The van der Waals surface area contributed by atoms with Gasteiger partial charge in [-0.3, -0.25) is 14.9 Å². The summed E-state index contributed by atoms with van der Waals surface area (Å²) in [7, 11) is 0. The molecule has 1 unspecified atom stereocenters. The number of rotatable bonds is 7. The molecule has 0 aliphatic carbocycles. The van der Waals surface area contributed by atoms with Crippen molar-refractivity contribution in [3.05, 3.63) is 69.8 Å². The maximum atomic E-state index is 12.9. The highest BCUT2D eigenvalue weighted by atomic mass is 19.4. The number of aryl methyl sites for hydroxylation is 1. The monoisotopic (exact) mass is 449 g/mol. The van der Waals surface area contributed by atoms with Crippen LogP contribution in [0.1, 0.15) is 37.3 Å². The van der Waals surface area contributed by atoms with Crippen LogP contribution in [0.3, 0.4) is 0 Å². The van der Waals surface area contributed by atoms with Gasteiger partial charge in [0, 0.05) is 31.1 Å². The number of hydrogen-bond donors (Lipinski definition) is 1. The Bertz CT molecular complexity index is 942. The first-order chi connectivity index (χ1) is 15.1. The second-order valence-electron chi connectivity index (χ2n) is 8.15. The molecule has 1 atom stereocenters. The number of alkyl halides is 3. The summed E-state index contributed by atoms with van der Waals surface area (Å²) in [6.45, 7) is 2.69. The van der Waals surface area contributed by atoms with Crippen molar-refractivity contribution in [1.29, 1.82) is 0 Å². The summed E-state index contributed by atoms with van der Waals surface area (Å²) in [5, 5.41) is 14.4. The number of nitro benzene ring substituents is 1. The Morgan fingerprint density at radius 2 is 1.84 bits per heavy atom. The highest BCUT2D eigenvalue weighted by Crippen LogP contribution is 2.37. The molecule has 32 heavy (non-hydrogen) atoms. The van der Waals surface area contributed by atoms with Crippen LogP contribution in [0.4, 0.5) is 24.5 Å². The molecular weight excluding hydrogens is 423 g/mol. The summed E-state index contributed by atoms with van der Waals surface area (Å²) in [6, 6.07) is 12.6. The quantitative estimate of drug-likeness (QED) is 0.479. The van der Waals surface area contributed by atoms with Gasteiger partial charge in [0.1, 0.15) is 5.69 Å². The van der Waals surface area contributed by atoms with Crippen LogP contribution >= 0.6 is 0 Å². The lowest BCUT2D eigenvalue weighted by molar-refractivity contribution is -0.384. The molecule has 1 N–H and O–H groups in total. The van der Waals surface area contributed by atoms with E-state index in [2.05, 4.69) is 5.32 Å². The van der Waals surface area contributed by atoms with E-state index in [4.69, 9.17) is 0 Å². The van der Waals surface area contributed by atoms with E-state index in [1.807, 2.05) is 37.3 Å². The van der Waals surface area contributed by atoms with E-state index in [0.29, 0.717) is 32.0 Å². The van der Waals surface area contributed by atoms with Crippen molar-refractivity contribution in [3.63, 3.8) is 0 Å². The fraction of sp³-hybridized carbons (Fsp3) is 0.435. The Morgan fingerprint density at radius 1 is 1.19 bits per heavy atom. The number of hydrogen-bond acceptors (Lipinski definition) is 4. The van der Waals surface area contributed by atoms with Gasteiger partial charge in [0.05, 0.1) is 10.5 Å². The number of carbonyl (C=O) groups excluding carboxylic acids is 1. The number of anilines is 1. The minimum atomic E-state index is -4.65. The number of piperidine rings is 1. The first kappa shape index (κ1) is 23.6. The second-order valence-corrected chi connectivity index (χ2v) is 8.15. The van der Waals surface area contributed by atoms with Crippen LogP contribution in [-0.4, -0.2) is 30.0 Å². The van der Waals surface area contributed by atoms with Crippen molar-refractivity contribution in [3.8, 4) is 0 Å². The maximum absolute atomic E-state index is 12.9. The van der Waals surface area contributed by atoms with Crippen molar-refractivity contribution >= 4 is 17.3 Å². The van der Waals surface area contributed by atoms with E-state index < -0.39 is 22.4 Å². The van der Waals surface area contributed by atoms with Gasteiger partial charge in [-0.2, -0.15) is 13.2 Å². The molecule has 3 rings (SSSR count). The van der Waals surface area contributed by atoms with Gasteiger partial charge in [-0.25, -0.2) is 0 Å². The minimum Gasteiger partial charge on any atom is -0.366 e. The first-order valence-corrected chi connectivity index (χ1v) is 10.6. The molecule has 1 fully saturated rings. The van der Waals surface area contributed by atoms with Gasteiger partial charge >= 0.3 is 6.18 Å². The van der Waals surface area contributed by atoms with E-state index in [1.54, 1.807) is 4.90 Å². The molecule has 1 saturated heterocycles. The SMILES string of the molecule is CC(CCc1ccccc1)NC(=O)C1CCN(c2ccc(C(F)(F)F)cc2[N+](=O)[O-])CC1. The molecule has 1 aliphatic heterocycles. The Labute approximate surface area is 184 Å². The largest absolute Gasteiger partial charge is 0.416 e. The predicted molar refractivity (Wildman–Crippen MR) is 115 cm³/mol. The zero-order chi connectivity index (χ0) is 23.3. The Kier molecular flexibility index (Phi) is 7.37. The molecule has 1 aliphatic rings. The zero-order valence-electron chi connectivity index (χ0n) is 17.8. The van der Waals surface area contributed by atoms with E-state index >= 15 is 0 Å². The second kappa shape index (κ2) is 10.0. The molecule has 0 saturated carbocycles. The van der Waals surface area contributed by atoms with E-state index in [-0.39, 0.29) is 23.6 Å². The number of nitrogens with one attached hydrogen (secondary N) is 1. The normalized spacial score (nSPS) is 15.9. The smallest absolute Gasteiger partial charge is 0.366 e. The summed E-state index contributed by atoms with van der Waals surface area (Å²) in [5.41, 5.74) is -0.262. The van der Waals surface area contributed by atoms with Crippen LogP contribution in [0.25, 0.3) is 0 Å². The van der Waals surface area contributed by atoms with Crippen LogP contribution in [0.2, 0.25) is 0 Å². The number of amides is 1. The fourth-order valence-electron chi connectivity index (χ4n) is 3.96. The molecule has 172 valence electrons. The van der Waals surface area contributed by atoms with Crippen LogP contribution in [0.15, 0.2) is 48.5 Å². The minimum absolute atomic E-state index is 0.0109. The Hall–Kier alpha value is -3.10. The Morgan fingerprint density at radius 3 is 2.44 bits per heavy atom. The van der Waals surface area contributed by atoms with Crippen molar-refractivity contribution in [1.82, 2.24) is 5.32 Å². The van der Waals surface area contributed by atoms with Crippen molar-refractivity contribution in [2.75, 3.05) is 18.0 Å². The zero-order valence-corrected chi connectivity index (χ0v) is 17.8. The van der Waals surface area contributed by atoms with Crippen LogP contribution in [0, 0.1) is 16.0 Å². The highest BCUT2D eigenvalue weighted by Gasteiger charge is 2.35. The summed E-state index contributed by atoms with van der Waals surface area (Å²) in [6.07, 6.45) is -2.01.